The Kier molecular flexibility index (Phi) is 5.19. The van der Waals surface area contributed by atoms with E-state index in [1.54, 1.807) is 0 Å². The van der Waals surface area contributed by atoms with Crippen LogP contribution in [0.15, 0.2) is 12.2 Å². The Morgan fingerprint density at radius 1 is 1.00 bits per heavy atom. The zero-order valence-corrected chi connectivity index (χ0v) is 12.1. The maximum absolute atomic E-state index is 11.5. The van der Waals surface area contributed by atoms with E-state index < -0.39 is 23.7 Å². The Hall–Kier alpha value is -2.31. The van der Waals surface area contributed by atoms with Gasteiger partial charge in [-0.3, -0.25) is 19.2 Å². The number of hydrogen-bond donors (Lipinski definition) is 0. The van der Waals surface area contributed by atoms with E-state index in [1.165, 1.54) is 12.2 Å². The van der Waals surface area contributed by atoms with Crippen molar-refractivity contribution >= 4 is 29.4 Å². The molecule has 0 atom stereocenters. The van der Waals surface area contributed by atoms with Gasteiger partial charge in [-0.05, 0) is 25.0 Å². The summed E-state index contributed by atoms with van der Waals surface area (Å²) in [7, 11) is 0. The molecule has 0 N–H and O–H groups in total. The zero-order chi connectivity index (χ0) is 16.1. The summed E-state index contributed by atoms with van der Waals surface area (Å²) < 4.78 is 0. The van der Waals surface area contributed by atoms with Gasteiger partial charge in [-0.1, -0.05) is 12.8 Å². The molecule has 1 aliphatic carbocycles. The summed E-state index contributed by atoms with van der Waals surface area (Å²) in [5.41, 5.74) is 0. The zero-order valence-electron chi connectivity index (χ0n) is 12.1. The van der Waals surface area contributed by atoms with Crippen LogP contribution in [0.2, 0.25) is 0 Å². The summed E-state index contributed by atoms with van der Waals surface area (Å²) in [6.07, 6.45) is 5.13. The van der Waals surface area contributed by atoms with E-state index in [4.69, 9.17) is 4.84 Å². The van der Waals surface area contributed by atoms with Crippen LogP contribution in [0.1, 0.15) is 44.9 Å². The lowest BCUT2D eigenvalue weighted by Crippen LogP contribution is -2.31. The predicted octanol–water partition coefficient (Wildman–Crippen LogP) is 0.868. The lowest BCUT2D eigenvalue weighted by atomic mass is 9.97. The van der Waals surface area contributed by atoms with Gasteiger partial charge in [0, 0.05) is 19.3 Å². The molecule has 0 spiro atoms. The summed E-state index contributed by atoms with van der Waals surface area (Å²) in [5, 5.41) is 0.532. The molecule has 1 fully saturated rings. The molecule has 7 nitrogen and oxygen atoms in total. The van der Waals surface area contributed by atoms with E-state index in [9.17, 15) is 24.0 Å². The smallest absolute Gasteiger partial charge is 0.330 e. The van der Waals surface area contributed by atoms with Crippen LogP contribution in [0.4, 0.5) is 0 Å². The van der Waals surface area contributed by atoms with Gasteiger partial charge in [0.15, 0.2) is 11.6 Å². The van der Waals surface area contributed by atoms with E-state index in [-0.39, 0.29) is 30.8 Å². The summed E-state index contributed by atoms with van der Waals surface area (Å²) >= 11 is 0. The molecule has 2 amide bonds. The van der Waals surface area contributed by atoms with Crippen molar-refractivity contribution < 1.29 is 28.8 Å². The molecule has 0 aromatic rings. The Bertz CT molecular complexity index is 516. The minimum atomic E-state index is -0.627. The number of allylic oxidation sites excluding steroid dienone is 2. The molecule has 7 heteroatoms. The van der Waals surface area contributed by atoms with Gasteiger partial charge in [-0.15, -0.1) is 5.06 Å². The molecule has 22 heavy (non-hydrogen) atoms. The Balaban J connectivity index is 1.60. The fourth-order valence-corrected chi connectivity index (χ4v) is 2.42. The summed E-state index contributed by atoms with van der Waals surface area (Å²) in [6, 6.07) is 0. The standard InChI is InChI=1S/C15H17NO6/c17-11-6-7-12(18)10(11)4-2-1-3-5-15(21)22-16-13(19)8-9-14(16)20/h6-7,10H,1-5,8-9H2. The SMILES string of the molecule is O=C(CCCCCC1C(=O)C=CC1=O)ON1C(=O)CCC1=O. The van der Waals surface area contributed by atoms with Gasteiger partial charge in [-0.2, -0.15) is 0 Å². The molecule has 1 saturated heterocycles. The van der Waals surface area contributed by atoms with Crippen molar-refractivity contribution in [2.45, 2.75) is 44.9 Å². The van der Waals surface area contributed by atoms with Crippen molar-refractivity contribution in [2.75, 3.05) is 0 Å². The van der Waals surface area contributed by atoms with Crippen LogP contribution in [-0.4, -0.2) is 34.4 Å². The van der Waals surface area contributed by atoms with Crippen molar-refractivity contribution in [1.29, 1.82) is 0 Å². The second-order valence-electron chi connectivity index (χ2n) is 5.34. The van der Waals surface area contributed by atoms with Crippen LogP contribution < -0.4 is 0 Å². The van der Waals surface area contributed by atoms with Crippen molar-refractivity contribution in [2.24, 2.45) is 5.92 Å². The molecule has 0 bridgehead atoms. The van der Waals surface area contributed by atoms with E-state index in [1.807, 2.05) is 0 Å². The number of nitrogens with zero attached hydrogens (tertiary/aromatic N) is 1. The Morgan fingerprint density at radius 3 is 2.18 bits per heavy atom. The largest absolute Gasteiger partial charge is 0.333 e. The van der Waals surface area contributed by atoms with Gasteiger partial charge in [0.1, 0.15) is 0 Å². The van der Waals surface area contributed by atoms with Gasteiger partial charge in [0.25, 0.3) is 11.8 Å². The first-order valence-corrected chi connectivity index (χ1v) is 7.31. The highest BCUT2D eigenvalue weighted by atomic mass is 16.7. The summed E-state index contributed by atoms with van der Waals surface area (Å²) in [4.78, 5) is 61.5. The minimum Gasteiger partial charge on any atom is -0.330 e. The number of hydroxylamine groups is 2. The second kappa shape index (κ2) is 7.11. The quantitative estimate of drug-likeness (QED) is 0.393. The number of rotatable bonds is 7. The highest BCUT2D eigenvalue weighted by Crippen LogP contribution is 2.19. The number of hydrogen-bond acceptors (Lipinski definition) is 6. The van der Waals surface area contributed by atoms with E-state index in [0.717, 1.165) is 0 Å². The third kappa shape index (κ3) is 3.87. The third-order valence-electron chi connectivity index (χ3n) is 3.67. The first-order chi connectivity index (χ1) is 10.5. The molecular weight excluding hydrogens is 290 g/mol. The van der Waals surface area contributed by atoms with Crippen LogP contribution in [0.3, 0.4) is 0 Å². The van der Waals surface area contributed by atoms with E-state index in [0.29, 0.717) is 30.7 Å². The number of carbonyl (C=O) groups excluding carboxylic acids is 5. The van der Waals surface area contributed by atoms with Gasteiger partial charge in [0.05, 0.1) is 5.92 Å². The van der Waals surface area contributed by atoms with Crippen LogP contribution in [0, 0.1) is 5.92 Å². The average molecular weight is 307 g/mol. The summed E-state index contributed by atoms with van der Waals surface area (Å²) in [5.74, 6) is -2.50. The van der Waals surface area contributed by atoms with E-state index in [2.05, 4.69) is 0 Å². The highest BCUT2D eigenvalue weighted by Gasteiger charge is 2.32. The number of imide groups is 1. The fourth-order valence-electron chi connectivity index (χ4n) is 2.42. The molecule has 0 aromatic heterocycles. The van der Waals surface area contributed by atoms with Crippen LogP contribution in [0.25, 0.3) is 0 Å². The molecule has 2 rings (SSSR count). The minimum absolute atomic E-state index is 0.0730. The molecule has 2 aliphatic rings. The first-order valence-electron chi connectivity index (χ1n) is 7.31. The average Bonchev–Trinajstić information content (AvgIpc) is 2.96. The maximum Gasteiger partial charge on any atom is 0.333 e. The second-order valence-corrected chi connectivity index (χ2v) is 5.34. The Labute approximate surface area is 127 Å². The van der Waals surface area contributed by atoms with Crippen molar-refractivity contribution in [3.8, 4) is 0 Å². The number of amides is 2. The van der Waals surface area contributed by atoms with E-state index >= 15 is 0 Å². The molecule has 118 valence electrons. The third-order valence-corrected chi connectivity index (χ3v) is 3.67. The van der Waals surface area contributed by atoms with Gasteiger partial charge >= 0.3 is 5.97 Å². The number of unbranched alkanes of at least 4 members (excludes halogenated alkanes) is 2. The van der Waals surface area contributed by atoms with Gasteiger partial charge in [-0.25, -0.2) is 4.79 Å². The van der Waals surface area contributed by atoms with Gasteiger partial charge < -0.3 is 4.84 Å². The normalized spacial score (nSPS) is 18.6. The predicted molar refractivity (Wildman–Crippen MR) is 72.9 cm³/mol. The molecule has 1 aliphatic heterocycles. The lowest BCUT2D eigenvalue weighted by molar-refractivity contribution is -0.197. The van der Waals surface area contributed by atoms with Crippen LogP contribution in [0.5, 0.6) is 0 Å². The van der Waals surface area contributed by atoms with Crippen molar-refractivity contribution in [3.05, 3.63) is 12.2 Å². The van der Waals surface area contributed by atoms with Crippen LogP contribution in [-0.2, 0) is 28.8 Å². The topological polar surface area (TPSA) is 97.8 Å². The lowest BCUT2D eigenvalue weighted by Gasteiger charge is -2.12. The highest BCUT2D eigenvalue weighted by molar-refractivity contribution is 6.18. The number of ketones is 2. The molecule has 0 aromatic carbocycles. The molecule has 0 radical (unpaired) electrons. The summed E-state index contributed by atoms with van der Waals surface area (Å²) in [6.45, 7) is 0. The van der Waals surface area contributed by atoms with Gasteiger partial charge in [0.2, 0.25) is 0 Å². The first kappa shape index (κ1) is 16.1. The molecule has 1 heterocycles. The number of carbonyl (C=O) groups is 5. The molecule has 0 saturated carbocycles. The fraction of sp³-hybridized carbons (Fsp3) is 0.533. The van der Waals surface area contributed by atoms with Crippen molar-refractivity contribution in [1.82, 2.24) is 5.06 Å². The van der Waals surface area contributed by atoms with Crippen LogP contribution >= 0.6 is 0 Å². The Morgan fingerprint density at radius 2 is 1.59 bits per heavy atom. The van der Waals surface area contributed by atoms with Crippen molar-refractivity contribution in [3.63, 3.8) is 0 Å². The monoisotopic (exact) mass is 307 g/mol. The molecular formula is C15H17NO6. The maximum atomic E-state index is 11.5. The molecule has 0 unspecified atom stereocenters.